The molecule has 5 aromatic rings. The van der Waals surface area contributed by atoms with E-state index >= 15 is 0 Å². The zero-order chi connectivity index (χ0) is 21.8. The number of nitrogens with two attached hydrogens (primary N) is 1. The third-order valence-electron chi connectivity index (χ3n) is 5.37. The fraction of sp³-hybridized carbons (Fsp3) is 0.160. The van der Waals surface area contributed by atoms with Gasteiger partial charge in [0.1, 0.15) is 0 Å². The van der Waals surface area contributed by atoms with Crippen molar-refractivity contribution in [2.24, 2.45) is 0 Å². The Balaban J connectivity index is 1.46. The van der Waals surface area contributed by atoms with Gasteiger partial charge in [-0.3, -0.25) is 0 Å². The molecular weight excluding hydrogens is 400 g/mol. The number of nitrogens with one attached hydrogen (secondary N) is 1. The second kappa shape index (κ2) is 8.93. The van der Waals surface area contributed by atoms with E-state index in [0.29, 0.717) is 47.6 Å². The number of aromatic nitrogens is 4. The molecule has 5 rings (SSSR count). The lowest BCUT2D eigenvalue weighted by molar-refractivity contribution is 0.569. The van der Waals surface area contributed by atoms with E-state index in [9.17, 15) is 0 Å². The Bertz CT molecular complexity index is 1300. The lowest BCUT2D eigenvalue weighted by Crippen LogP contribution is -2.11. The van der Waals surface area contributed by atoms with Gasteiger partial charge < -0.3 is 20.0 Å². The van der Waals surface area contributed by atoms with Crippen molar-refractivity contribution in [3.05, 3.63) is 90.2 Å². The van der Waals surface area contributed by atoms with Crippen LogP contribution in [0, 0.1) is 0 Å². The quantitative estimate of drug-likeness (QED) is 0.379. The fourth-order valence-electron chi connectivity index (χ4n) is 3.76. The number of rotatable bonds is 8. The number of furan rings is 1. The third kappa shape index (κ3) is 4.18. The Kier molecular flexibility index (Phi) is 5.53. The molecular formula is C25H24N6O. The van der Waals surface area contributed by atoms with Crippen LogP contribution in [-0.4, -0.2) is 26.1 Å². The molecule has 7 heteroatoms. The minimum atomic E-state index is 0.350. The molecule has 0 aliphatic rings. The van der Waals surface area contributed by atoms with Gasteiger partial charge in [0.05, 0.1) is 6.26 Å². The van der Waals surface area contributed by atoms with Crippen LogP contribution in [0.15, 0.2) is 83.5 Å². The molecule has 0 saturated heterocycles. The van der Waals surface area contributed by atoms with Gasteiger partial charge in [0, 0.05) is 13.1 Å². The van der Waals surface area contributed by atoms with Crippen molar-refractivity contribution in [3.8, 4) is 11.6 Å². The molecule has 0 amide bonds. The zero-order valence-corrected chi connectivity index (χ0v) is 17.6. The van der Waals surface area contributed by atoms with Crippen LogP contribution in [0.5, 0.6) is 0 Å². The normalized spacial score (nSPS) is 11.1. The molecule has 0 aliphatic carbocycles. The summed E-state index contributed by atoms with van der Waals surface area (Å²) in [6.07, 6.45) is 3.34. The van der Waals surface area contributed by atoms with Crippen LogP contribution in [0.4, 0.5) is 11.8 Å². The largest absolute Gasteiger partial charge is 0.461 e. The second-order valence-electron chi connectivity index (χ2n) is 7.57. The van der Waals surface area contributed by atoms with Gasteiger partial charge in [-0.05, 0) is 36.1 Å². The summed E-state index contributed by atoms with van der Waals surface area (Å²) >= 11 is 0. The van der Waals surface area contributed by atoms with E-state index in [1.54, 1.807) is 6.26 Å². The van der Waals surface area contributed by atoms with Crippen molar-refractivity contribution in [1.29, 1.82) is 0 Å². The van der Waals surface area contributed by atoms with Gasteiger partial charge in [-0.15, -0.1) is 0 Å². The summed E-state index contributed by atoms with van der Waals surface area (Å²) in [5, 5.41) is 3.30. The van der Waals surface area contributed by atoms with Gasteiger partial charge in [-0.1, -0.05) is 60.7 Å². The number of benzene rings is 2. The number of nitrogens with zero attached hydrogens (tertiary/aromatic N) is 4. The molecule has 0 radical (unpaired) electrons. The molecule has 0 atom stereocenters. The SMILES string of the molecule is Nc1nc(NCCc2ccccc2)nc2c1nc(-c1ccco1)n2CCc1ccccc1. The second-order valence-corrected chi connectivity index (χ2v) is 7.57. The summed E-state index contributed by atoms with van der Waals surface area (Å²) in [6, 6.07) is 24.4. The third-order valence-corrected chi connectivity index (χ3v) is 5.37. The zero-order valence-electron chi connectivity index (χ0n) is 17.6. The Labute approximate surface area is 186 Å². The van der Waals surface area contributed by atoms with Crippen LogP contribution in [0.2, 0.25) is 0 Å². The fourth-order valence-corrected chi connectivity index (χ4v) is 3.76. The first-order valence-electron chi connectivity index (χ1n) is 10.7. The molecule has 0 aliphatic heterocycles. The summed E-state index contributed by atoms with van der Waals surface area (Å²) in [7, 11) is 0. The van der Waals surface area contributed by atoms with Crippen molar-refractivity contribution in [1.82, 2.24) is 19.5 Å². The molecule has 0 unspecified atom stereocenters. The highest BCUT2D eigenvalue weighted by Crippen LogP contribution is 2.28. The Morgan fingerprint density at radius 1 is 0.812 bits per heavy atom. The van der Waals surface area contributed by atoms with E-state index in [-0.39, 0.29) is 0 Å². The molecule has 32 heavy (non-hydrogen) atoms. The molecule has 3 heterocycles. The van der Waals surface area contributed by atoms with Gasteiger partial charge in [0.2, 0.25) is 5.95 Å². The van der Waals surface area contributed by atoms with Crippen LogP contribution in [0.25, 0.3) is 22.7 Å². The maximum Gasteiger partial charge on any atom is 0.226 e. The summed E-state index contributed by atoms with van der Waals surface area (Å²) in [5.74, 6) is 2.22. The monoisotopic (exact) mass is 424 g/mol. The molecule has 7 nitrogen and oxygen atoms in total. The van der Waals surface area contributed by atoms with E-state index < -0.39 is 0 Å². The molecule has 2 aromatic carbocycles. The number of imidazole rings is 1. The van der Waals surface area contributed by atoms with E-state index in [1.165, 1.54) is 11.1 Å². The highest BCUT2D eigenvalue weighted by Gasteiger charge is 2.19. The summed E-state index contributed by atoms with van der Waals surface area (Å²) in [5.41, 5.74) is 10.1. The topological polar surface area (TPSA) is 94.8 Å². The van der Waals surface area contributed by atoms with Crippen LogP contribution in [-0.2, 0) is 19.4 Å². The first-order chi connectivity index (χ1) is 15.8. The number of hydrogen-bond donors (Lipinski definition) is 2. The number of aryl methyl sites for hydroxylation is 2. The van der Waals surface area contributed by atoms with Crippen molar-refractivity contribution >= 4 is 22.9 Å². The predicted molar refractivity (Wildman–Crippen MR) is 126 cm³/mol. The lowest BCUT2D eigenvalue weighted by atomic mass is 10.1. The first-order valence-corrected chi connectivity index (χ1v) is 10.7. The molecule has 3 aromatic heterocycles. The predicted octanol–water partition coefficient (Wildman–Crippen LogP) is 4.57. The molecule has 0 bridgehead atoms. The minimum absolute atomic E-state index is 0.350. The maximum absolute atomic E-state index is 6.29. The standard InChI is InChI=1S/C25H24N6O/c26-22-21-24(30-25(29-22)27-15-13-18-8-3-1-4-9-18)31(16-14-19-10-5-2-6-11-19)23(28-21)20-12-7-17-32-20/h1-12,17H,13-16H2,(H3,26,27,29,30). The number of nitrogen functional groups attached to an aromatic ring is 1. The van der Waals surface area contributed by atoms with Crippen LogP contribution in [0.3, 0.4) is 0 Å². The van der Waals surface area contributed by atoms with Crippen molar-refractivity contribution < 1.29 is 4.42 Å². The number of hydrogen-bond acceptors (Lipinski definition) is 6. The highest BCUT2D eigenvalue weighted by molar-refractivity contribution is 5.86. The van der Waals surface area contributed by atoms with Crippen LogP contribution >= 0.6 is 0 Å². The van der Waals surface area contributed by atoms with E-state index in [4.69, 9.17) is 20.1 Å². The first kappa shape index (κ1) is 19.8. The van der Waals surface area contributed by atoms with Crippen LogP contribution in [0.1, 0.15) is 11.1 Å². The van der Waals surface area contributed by atoms with E-state index in [0.717, 1.165) is 12.8 Å². The molecule has 3 N–H and O–H groups in total. The molecule has 0 saturated carbocycles. The Morgan fingerprint density at radius 3 is 2.22 bits per heavy atom. The van der Waals surface area contributed by atoms with Crippen molar-refractivity contribution in [3.63, 3.8) is 0 Å². The smallest absolute Gasteiger partial charge is 0.226 e. The summed E-state index contributed by atoms with van der Waals surface area (Å²) in [4.78, 5) is 13.9. The number of fused-ring (bicyclic) bond motifs is 1. The number of anilines is 2. The average Bonchev–Trinajstić information content (AvgIpc) is 3.47. The van der Waals surface area contributed by atoms with Crippen LogP contribution < -0.4 is 11.1 Å². The van der Waals surface area contributed by atoms with Crippen molar-refractivity contribution in [2.75, 3.05) is 17.6 Å². The van der Waals surface area contributed by atoms with Gasteiger partial charge in [-0.25, -0.2) is 4.98 Å². The van der Waals surface area contributed by atoms with Gasteiger partial charge in [0.25, 0.3) is 0 Å². The van der Waals surface area contributed by atoms with Gasteiger partial charge in [-0.2, -0.15) is 9.97 Å². The summed E-state index contributed by atoms with van der Waals surface area (Å²) in [6.45, 7) is 1.40. The van der Waals surface area contributed by atoms with Gasteiger partial charge in [0.15, 0.2) is 28.6 Å². The molecule has 160 valence electrons. The lowest BCUT2D eigenvalue weighted by Gasteiger charge is -2.09. The summed E-state index contributed by atoms with van der Waals surface area (Å²) < 4.78 is 7.69. The van der Waals surface area contributed by atoms with E-state index in [2.05, 4.69) is 39.1 Å². The Morgan fingerprint density at radius 2 is 1.53 bits per heavy atom. The van der Waals surface area contributed by atoms with Gasteiger partial charge >= 0.3 is 0 Å². The highest BCUT2D eigenvalue weighted by atomic mass is 16.3. The minimum Gasteiger partial charge on any atom is -0.461 e. The average molecular weight is 425 g/mol. The molecule has 0 spiro atoms. The Hall–Kier alpha value is -4.13. The van der Waals surface area contributed by atoms with E-state index in [1.807, 2.05) is 48.5 Å². The van der Waals surface area contributed by atoms with Crippen molar-refractivity contribution in [2.45, 2.75) is 19.4 Å². The maximum atomic E-state index is 6.29. The molecule has 0 fully saturated rings.